The van der Waals surface area contributed by atoms with Crippen molar-refractivity contribution < 1.29 is 9.52 Å². The van der Waals surface area contributed by atoms with Gasteiger partial charge >= 0.3 is 0 Å². The van der Waals surface area contributed by atoms with Crippen molar-refractivity contribution in [2.24, 2.45) is 5.92 Å². The second-order valence-electron chi connectivity index (χ2n) is 6.89. The summed E-state index contributed by atoms with van der Waals surface area (Å²) in [6, 6.07) is 10.2. The predicted molar refractivity (Wildman–Crippen MR) is 100 cm³/mol. The van der Waals surface area contributed by atoms with Crippen molar-refractivity contribution in [3.63, 3.8) is 0 Å². The Morgan fingerprint density at radius 1 is 1.19 bits per heavy atom. The highest BCUT2D eigenvalue weighted by Gasteiger charge is 2.27. The minimum Gasteiger partial charge on any atom is -0.422 e. The molecule has 6 heteroatoms. The van der Waals surface area contributed by atoms with Crippen molar-refractivity contribution in [3.8, 4) is 0 Å². The molecule has 1 aliphatic heterocycles. The highest BCUT2D eigenvalue weighted by Crippen LogP contribution is 2.29. The van der Waals surface area contributed by atoms with Gasteiger partial charge < -0.3 is 14.4 Å². The molecular formula is C20H24N4O2. The van der Waals surface area contributed by atoms with Crippen molar-refractivity contribution in [1.82, 2.24) is 15.0 Å². The second kappa shape index (κ2) is 7.41. The Morgan fingerprint density at radius 2 is 1.96 bits per heavy atom. The van der Waals surface area contributed by atoms with E-state index in [0.29, 0.717) is 23.9 Å². The zero-order valence-electron chi connectivity index (χ0n) is 15.0. The number of hydrogen-bond donors (Lipinski definition) is 1. The lowest BCUT2D eigenvalue weighted by atomic mass is 9.88. The third-order valence-corrected chi connectivity index (χ3v) is 5.19. The fraction of sp³-hybridized carbons (Fsp3) is 0.450. The Bertz CT molecular complexity index is 857. The summed E-state index contributed by atoms with van der Waals surface area (Å²) in [5.74, 6) is 1.84. The minimum absolute atomic E-state index is 0.302. The largest absolute Gasteiger partial charge is 0.422 e. The number of aliphatic hydroxyl groups is 1. The molecule has 1 aromatic carbocycles. The quantitative estimate of drug-likeness (QED) is 0.761. The normalized spacial score (nSPS) is 16.9. The third-order valence-electron chi connectivity index (χ3n) is 5.19. The summed E-state index contributed by atoms with van der Waals surface area (Å²) in [6.07, 6.45) is 4.58. The van der Waals surface area contributed by atoms with E-state index in [4.69, 9.17) is 4.42 Å². The van der Waals surface area contributed by atoms with Gasteiger partial charge in [-0.1, -0.05) is 37.3 Å². The van der Waals surface area contributed by atoms with Crippen LogP contribution >= 0.6 is 0 Å². The summed E-state index contributed by atoms with van der Waals surface area (Å²) in [4.78, 5) is 15.4. The van der Waals surface area contributed by atoms with Crippen LogP contribution in [-0.4, -0.2) is 39.3 Å². The molecule has 3 heterocycles. The first kappa shape index (κ1) is 17.0. The van der Waals surface area contributed by atoms with Crippen molar-refractivity contribution in [2.75, 3.05) is 18.0 Å². The van der Waals surface area contributed by atoms with Crippen molar-refractivity contribution in [2.45, 2.75) is 38.7 Å². The van der Waals surface area contributed by atoms with Crippen LogP contribution in [0.25, 0.3) is 11.2 Å². The molecule has 0 bridgehead atoms. The molecule has 2 aromatic heterocycles. The van der Waals surface area contributed by atoms with E-state index in [1.54, 1.807) is 6.33 Å². The van der Waals surface area contributed by atoms with Gasteiger partial charge in [0.25, 0.3) is 5.71 Å². The van der Waals surface area contributed by atoms with E-state index in [-0.39, 0.29) is 6.10 Å². The number of benzene rings is 1. The molecule has 0 saturated carbocycles. The Morgan fingerprint density at radius 3 is 2.69 bits per heavy atom. The van der Waals surface area contributed by atoms with Crippen LogP contribution in [0, 0.1) is 5.92 Å². The molecule has 1 saturated heterocycles. The molecule has 26 heavy (non-hydrogen) atoms. The maximum absolute atomic E-state index is 10.6. The monoisotopic (exact) mass is 352 g/mol. The first-order valence-corrected chi connectivity index (χ1v) is 9.32. The molecular weight excluding hydrogens is 328 g/mol. The minimum atomic E-state index is -0.302. The SMILES string of the molecule is CCc1nc2c(N3CCC([C@H](O)Cc4ccccc4)CC3)ncnc2o1. The summed E-state index contributed by atoms with van der Waals surface area (Å²) < 4.78 is 5.65. The van der Waals surface area contributed by atoms with Gasteiger partial charge in [-0.05, 0) is 30.7 Å². The van der Waals surface area contributed by atoms with Crippen LogP contribution in [0.1, 0.15) is 31.2 Å². The number of nitrogens with zero attached hydrogens (tertiary/aromatic N) is 4. The van der Waals surface area contributed by atoms with Crippen LogP contribution in [0.2, 0.25) is 0 Å². The molecule has 6 nitrogen and oxygen atoms in total. The number of aliphatic hydroxyl groups excluding tert-OH is 1. The molecule has 0 unspecified atom stereocenters. The predicted octanol–water partition coefficient (Wildman–Crippen LogP) is 3.00. The molecule has 0 aliphatic carbocycles. The topological polar surface area (TPSA) is 75.3 Å². The maximum Gasteiger partial charge on any atom is 0.252 e. The van der Waals surface area contributed by atoms with Crippen LogP contribution in [-0.2, 0) is 12.8 Å². The number of hydrogen-bond acceptors (Lipinski definition) is 6. The molecule has 0 spiro atoms. The third kappa shape index (κ3) is 3.42. The van der Waals surface area contributed by atoms with Gasteiger partial charge in [0.2, 0.25) is 0 Å². The van der Waals surface area contributed by atoms with Gasteiger partial charge in [-0.15, -0.1) is 0 Å². The number of piperidine rings is 1. The average Bonchev–Trinajstić information content (AvgIpc) is 3.12. The Kier molecular flexibility index (Phi) is 4.84. The van der Waals surface area contributed by atoms with Gasteiger partial charge in [0.15, 0.2) is 17.2 Å². The number of fused-ring (bicyclic) bond motifs is 1. The lowest BCUT2D eigenvalue weighted by molar-refractivity contribution is 0.0929. The Hall–Kier alpha value is -2.47. The summed E-state index contributed by atoms with van der Waals surface area (Å²) >= 11 is 0. The van der Waals surface area contributed by atoms with Crippen molar-refractivity contribution >= 4 is 17.0 Å². The van der Waals surface area contributed by atoms with E-state index >= 15 is 0 Å². The molecule has 1 N–H and O–H groups in total. The number of rotatable bonds is 5. The van der Waals surface area contributed by atoms with Crippen molar-refractivity contribution in [1.29, 1.82) is 0 Å². The van der Waals surface area contributed by atoms with Crippen LogP contribution in [0.4, 0.5) is 5.82 Å². The lowest BCUT2D eigenvalue weighted by Crippen LogP contribution is -2.39. The molecule has 0 radical (unpaired) electrons. The molecule has 136 valence electrons. The first-order valence-electron chi connectivity index (χ1n) is 9.32. The number of aryl methyl sites for hydroxylation is 1. The average molecular weight is 352 g/mol. The summed E-state index contributed by atoms with van der Waals surface area (Å²) in [6.45, 7) is 3.73. The summed E-state index contributed by atoms with van der Waals surface area (Å²) in [5, 5.41) is 10.6. The molecule has 0 amide bonds. The van der Waals surface area contributed by atoms with E-state index in [1.807, 2.05) is 25.1 Å². The van der Waals surface area contributed by atoms with E-state index in [9.17, 15) is 5.11 Å². The molecule has 1 aliphatic rings. The summed E-state index contributed by atoms with van der Waals surface area (Å²) in [5.41, 5.74) is 2.49. The van der Waals surface area contributed by atoms with Crippen LogP contribution in [0.3, 0.4) is 0 Å². The van der Waals surface area contributed by atoms with Crippen LogP contribution < -0.4 is 4.90 Å². The standard InChI is InChI=1S/C20H24N4O2/c1-2-17-23-18-19(21-13-22-20(18)26-17)24-10-8-15(9-11-24)16(25)12-14-6-4-3-5-7-14/h3-7,13,15-16,25H,2,8-12H2,1H3/t16-/m1/s1. The van der Waals surface area contributed by atoms with Gasteiger partial charge in [-0.3, -0.25) is 0 Å². The van der Waals surface area contributed by atoms with Gasteiger partial charge in [0.1, 0.15) is 6.33 Å². The maximum atomic E-state index is 10.6. The number of aromatic nitrogens is 3. The molecule has 4 rings (SSSR count). The van der Waals surface area contributed by atoms with Crippen LogP contribution in [0.5, 0.6) is 0 Å². The second-order valence-corrected chi connectivity index (χ2v) is 6.89. The van der Waals surface area contributed by atoms with Gasteiger partial charge in [0.05, 0.1) is 6.10 Å². The molecule has 1 fully saturated rings. The van der Waals surface area contributed by atoms with E-state index in [0.717, 1.165) is 43.7 Å². The first-order chi connectivity index (χ1) is 12.7. The zero-order chi connectivity index (χ0) is 17.9. The molecule has 3 aromatic rings. The summed E-state index contributed by atoms with van der Waals surface area (Å²) in [7, 11) is 0. The highest BCUT2D eigenvalue weighted by molar-refractivity contribution is 5.81. The number of anilines is 1. The Balaban J connectivity index is 1.43. The van der Waals surface area contributed by atoms with Gasteiger partial charge in [0, 0.05) is 19.5 Å². The van der Waals surface area contributed by atoms with Crippen molar-refractivity contribution in [3.05, 3.63) is 48.1 Å². The zero-order valence-corrected chi connectivity index (χ0v) is 15.0. The van der Waals surface area contributed by atoms with E-state index in [1.165, 1.54) is 5.56 Å². The van der Waals surface area contributed by atoms with E-state index in [2.05, 4.69) is 32.0 Å². The van der Waals surface area contributed by atoms with Gasteiger partial charge in [-0.2, -0.15) is 4.98 Å². The number of oxazole rings is 1. The van der Waals surface area contributed by atoms with E-state index < -0.39 is 0 Å². The molecule has 1 atom stereocenters. The van der Waals surface area contributed by atoms with Gasteiger partial charge in [-0.25, -0.2) is 9.97 Å². The Labute approximate surface area is 152 Å². The smallest absolute Gasteiger partial charge is 0.252 e. The lowest BCUT2D eigenvalue weighted by Gasteiger charge is -2.34. The fourth-order valence-electron chi connectivity index (χ4n) is 3.69. The van der Waals surface area contributed by atoms with Crippen LogP contribution in [0.15, 0.2) is 41.1 Å². The fourth-order valence-corrected chi connectivity index (χ4v) is 3.69. The highest BCUT2D eigenvalue weighted by atomic mass is 16.4.